The van der Waals surface area contributed by atoms with Crippen molar-refractivity contribution in [3.8, 4) is 11.3 Å². The molecule has 3 aromatic heterocycles. The summed E-state index contributed by atoms with van der Waals surface area (Å²) in [6, 6.07) is 10.8. The van der Waals surface area contributed by atoms with Crippen LogP contribution in [0.1, 0.15) is 41.5 Å². The first-order chi connectivity index (χ1) is 12.4. The molecule has 0 unspecified atom stereocenters. The number of aryl methyl sites for hydroxylation is 1. The van der Waals surface area contributed by atoms with Crippen LogP contribution in [0.25, 0.3) is 11.3 Å². The average Bonchev–Trinajstić information content (AvgIpc) is 2.63. The van der Waals surface area contributed by atoms with Gasteiger partial charge in [0, 0.05) is 28.7 Å². The second kappa shape index (κ2) is 7.62. The highest BCUT2D eigenvalue weighted by Crippen LogP contribution is 2.25. The third kappa shape index (κ3) is 4.06. The smallest absolute Gasteiger partial charge is 0.255 e. The van der Waals surface area contributed by atoms with Crippen molar-refractivity contribution >= 4 is 23.2 Å². The van der Waals surface area contributed by atoms with Crippen LogP contribution in [-0.2, 0) is 0 Å². The summed E-state index contributed by atoms with van der Waals surface area (Å²) in [6.07, 6.45) is 3.28. The van der Waals surface area contributed by atoms with Gasteiger partial charge in [-0.05, 0) is 43.2 Å². The first-order valence-corrected chi connectivity index (χ1v) is 8.68. The number of amides is 1. The zero-order valence-electron chi connectivity index (χ0n) is 14.8. The van der Waals surface area contributed by atoms with E-state index in [1.165, 1.54) is 0 Å². The van der Waals surface area contributed by atoms with Gasteiger partial charge in [-0.1, -0.05) is 31.5 Å². The maximum absolute atomic E-state index is 12.6. The van der Waals surface area contributed by atoms with Crippen molar-refractivity contribution < 1.29 is 4.79 Å². The van der Waals surface area contributed by atoms with Crippen molar-refractivity contribution in [2.75, 3.05) is 5.32 Å². The summed E-state index contributed by atoms with van der Waals surface area (Å²) in [5.41, 5.74) is 4.38. The number of aromatic nitrogens is 3. The first-order valence-electron chi connectivity index (χ1n) is 8.31. The second-order valence-corrected chi connectivity index (χ2v) is 6.67. The Hall–Kier alpha value is -2.79. The Bertz CT molecular complexity index is 956. The molecule has 1 N–H and O–H groups in total. The van der Waals surface area contributed by atoms with Crippen LogP contribution in [0.4, 0.5) is 5.69 Å². The van der Waals surface area contributed by atoms with E-state index >= 15 is 0 Å². The van der Waals surface area contributed by atoms with Gasteiger partial charge in [0.2, 0.25) is 0 Å². The molecular formula is C20H19ClN4O. The monoisotopic (exact) mass is 366 g/mol. The molecule has 26 heavy (non-hydrogen) atoms. The number of hydrogen-bond donors (Lipinski definition) is 1. The fourth-order valence-corrected chi connectivity index (χ4v) is 2.69. The van der Waals surface area contributed by atoms with Crippen LogP contribution >= 0.6 is 11.6 Å². The minimum absolute atomic E-state index is 0.204. The summed E-state index contributed by atoms with van der Waals surface area (Å²) in [6.45, 7) is 5.97. The van der Waals surface area contributed by atoms with Gasteiger partial charge in [0.15, 0.2) is 0 Å². The van der Waals surface area contributed by atoms with Crippen LogP contribution in [-0.4, -0.2) is 20.9 Å². The fraction of sp³-hybridized carbons (Fsp3) is 0.200. The summed E-state index contributed by atoms with van der Waals surface area (Å²) in [7, 11) is 0. The molecule has 0 atom stereocenters. The van der Waals surface area contributed by atoms with E-state index in [1.807, 2.05) is 39.0 Å². The second-order valence-electron chi connectivity index (χ2n) is 6.28. The van der Waals surface area contributed by atoms with Crippen LogP contribution in [0.5, 0.6) is 0 Å². The number of nitrogens with zero attached hydrogens (tertiary/aromatic N) is 3. The largest absolute Gasteiger partial charge is 0.321 e. The summed E-state index contributed by atoms with van der Waals surface area (Å²) in [4.78, 5) is 25.5. The maximum Gasteiger partial charge on any atom is 0.255 e. The van der Waals surface area contributed by atoms with Crippen LogP contribution in [0, 0.1) is 6.92 Å². The number of pyridine rings is 3. The zero-order chi connectivity index (χ0) is 18.7. The molecule has 0 aromatic carbocycles. The van der Waals surface area contributed by atoms with E-state index in [1.54, 1.807) is 30.6 Å². The van der Waals surface area contributed by atoms with E-state index in [0.717, 1.165) is 17.0 Å². The van der Waals surface area contributed by atoms with Gasteiger partial charge in [0.05, 0.1) is 17.6 Å². The van der Waals surface area contributed by atoms with Crippen molar-refractivity contribution in [1.82, 2.24) is 15.0 Å². The SMILES string of the molecule is Cc1ncc(NC(=O)c2ccnc(C(C)C)c2)cc1-c1cccc(Cl)n1. The van der Waals surface area contributed by atoms with Gasteiger partial charge in [-0.15, -0.1) is 0 Å². The Morgan fingerprint density at radius 2 is 1.96 bits per heavy atom. The molecule has 3 rings (SSSR count). The summed E-state index contributed by atoms with van der Waals surface area (Å²) < 4.78 is 0. The predicted molar refractivity (Wildman–Crippen MR) is 103 cm³/mol. The molecule has 0 fully saturated rings. The average molecular weight is 367 g/mol. The van der Waals surface area contributed by atoms with Crippen LogP contribution < -0.4 is 5.32 Å². The summed E-state index contributed by atoms with van der Waals surface area (Å²) in [5.74, 6) is 0.0502. The Morgan fingerprint density at radius 1 is 1.15 bits per heavy atom. The first kappa shape index (κ1) is 18.0. The quantitative estimate of drug-likeness (QED) is 0.668. The highest BCUT2D eigenvalue weighted by molar-refractivity contribution is 6.29. The van der Waals surface area contributed by atoms with E-state index in [0.29, 0.717) is 22.1 Å². The summed E-state index contributed by atoms with van der Waals surface area (Å²) in [5, 5.41) is 3.30. The van der Waals surface area contributed by atoms with Crippen LogP contribution in [0.2, 0.25) is 5.15 Å². The maximum atomic E-state index is 12.6. The van der Waals surface area contributed by atoms with Crippen molar-refractivity contribution in [2.24, 2.45) is 0 Å². The number of carbonyl (C=O) groups is 1. The molecular weight excluding hydrogens is 348 g/mol. The molecule has 3 aromatic rings. The molecule has 5 nitrogen and oxygen atoms in total. The number of nitrogens with one attached hydrogen (secondary N) is 1. The highest BCUT2D eigenvalue weighted by atomic mass is 35.5. The number of carbonyl (C=O) groups excluding carboxylic acids is 1. The fourth-order valence-electron chi connectivity index (χ4n) is 2.53. The van der Waals surface area contributed by atoms with Gasteiger partial charge < -0.3 is 5.32 Å². The van der Waals surface area contributed by atoms with Crippen LogP contribution in [0.3, 0.4) is 0 Å². The van der Waals surface area contributed by atoms with Crippen LogP contribution in [0.15, 0.2) is 48.8 Å². The summed E-state index contributed by atoms with van der Waals surface area (Å²) >= 11 is 5.98. The molecule has 1 amide bonds. The Balaban J connectivity index is 1.88. The van der Waals surface area contributed by atoms with Crippen molar-refractivity contribution in [3.63, 3.8) is 0 Å². The van der Waals surface area contributed by atoms with E-state index in [4.69, 9.17) is 11.6 Å². The third-order valence-corrected chi connectivity index (χ3v) is 4.18. The minimum Gasteiger partial charge on any atom is -0.321 e. The van der Waals surface area contributed by atoms with Gasteiger partial charge in [0.25, 0.3) is 5.91 Å². The van der Waals surface area contributed by atoms with Gasteiger partial charge >= 0.3 is 0 Å². The lowest BCUT2D eigenvalue weighted by molar-refractivity contribution is 0.102. The van der Waals surface area contributed by atoms with E-state index in [9.17, 15) is 4.79 Å². The van der Waals surface area contributed by atoms with E-state index < -0.39 is 0 Å². The topological polar surface area (TPSA) is 67.8 Å². The lowest BCUT2D eigenvalue weighted by atomic mass is 10.1. The van der Waals surface area contributed by atoms with Gasteiger partial charge in [-0.25, -0.2) is 4.98 Å². The number of rotatable bonds is 4. The van der Waals surface area contributed by atoms with Crippen molar-refractivity contribution in [2.45, 2.75) is 26.7 Å². The minimum atomic E-state index is -0.204. The van der Waals surface area contributed by atoms with Gasteiger partial charge in [-0.2, -0.15) is 0 Å². The molecule has 0 saturated heterocycles. The highest BCUT2D eigenvalue weighted by Gasteiger charge is 2.12. The van der Waals surface area contributed by atoms with Crippen molar-refractivity contribution in [1.29, 1.82) is 0 Å². The molecule has 6 heteroatoms. The lowest BCUT2D eigenvalue weighted by Gasteiger charge is -2.10. The number of hydrogen-bond acceptors (Lipinski definition) is 4. The predicted octanol–water partition coefficient (Wildman–Crippen LogP) is 4.88. The van der Waals surface area contributed by atoms with E-state index in [2.05, 4.69) is 20.3 Å². The molecule has 0 aliphatic heterocycles. The lowest BCUT2D eigenvalue weighted by Crippen LogP contribution is -2.13. The molecule has 0 bridgehead atoms. The standard InChI is InChI=1S/C20H19ClN4O/c1-12(2)18-9-14(7-8-22-18)20(26)24-15-10-16(13(3)23-11-15)17-5-4-6-19(21)25-17/h4-12H,1-3H3,(H,24,26). The Morgan fingerprint density at radius 3 is 2.69 bits per heavy atom. The molecule has 0 aliphatic carbocycles. The molecule has 3 heterocycles. The molecule has 0 spiro atoms. The number of anilines is 1. The zero-order valence-corrected chi connectivity index (χ0v) is 15.6. The third-order valence-electron chi connectivity index (χ3n) is 3.97. The Labute approximate surface area is 157 Å². The molecule has 132 valence electrons. The molecule has 0 radical (unpaired) electrons. The van der Waals surface area contributed by atoms with Crippen molar-refractivity contribution in [3.05, 3.63) is 70.9 Å². The Kier molecular flexibility index (Phi) is 5.28. The van der Waals surface area contributed by atoms with E-state index in [-0.39, 0.29) is 11.8 Å². The normalized spacial score (nSPS) is 10.8. The molecule has 0 saturated carbocycles. The van der Waals surface area contributed by atoms with Gasteiger partial charge in [0.1, 0.15) is 5.15 Å². The number of halogens is 1. The van der Waals surface area contributed by atoms with Gasteiger partial charge in [-0.3, -0.25) is 14.8 Å². The molecule has 0 aliphatic rings.